The fourth-order valence-corrected chi connectivity index (χ4v) is 2.24. The Bertz CT molecular complexity index is 834. The van der Waals surface area contributed by atoms with E-state index in [1.54, 1.807) is 0 Å². The van der Waals surface area contributed by atoms with Gasteiger partial charge in [0.1, 0.15) is 12.1 Å². The summed E-state index contributed by atoms with van der Waals surface area (Å²) in [6, 6.07) is 6.80. The summed E-state index contributed by atoms with van der Waals surface area (Å²) in [5.74, 6) is 0. The van der Waals surface area contributed by atoms with Crippen LogP contribution in [-0.4, -0.2) is 0 Å². The molecule has 0 bridgehead atoms. The Hall–Kier alpha value is -2.74. The number of rotatable bonds is 0. The van der Waals surface area contributed by atoms with Crippen LogP contribution in [-0.2, 0) is 12.4 Å². The first-order valence-corrected chi connectivity index (χ1v) is 5.66. The number of hydrogen-bond acceptors (Lipinski definition) is 2. The second-order valence-corrected chi connectivity index (χ2v) is 4.26. The highest BCUT2D eigenvalue weighted by molar-refractivity contribution is 5.94. The van der Waals surface area contributed by atoms with Crippen molar-refractivity contribution in [3.8, 4) is 12.1 Å². The Balaban J connectivity index is 3.23. The van der Waals surface area contributed by atoms with Crippen LogP contribution in [0, 0.1) is 22.7 Å². The van der Waals surface area contributed by atoms with E-state index >= 15 is 0 Å². The predicted octanol–water partition coefficient (Wildman–Crippen LogP) is 4.62. The van der Waals surface area contributed by atoms with Gasteiger partial charge in [-0.05, 0) is 5.39 Å². The molecule has 8 heteroatoms. The first-order chi connectivity index (χ1) is 10.1. The molecule has 2 aromatic carbocycles. The molecule has 0 unspecified atom stereocenters. The number of fused-ring (bicyclic) bond motifs is 1. The lowest BCUT2D eigenvalue weighted by atomic mass is 9.89. The SMILES string of the molecule is N#Cc1c(C(F)(F)F)c(C(F)(F)F)c2ccccc2c1C#N. The highest BCUT2D eigenvalue weighted by Crippen LogP contribution is 2.46. The van der Waals surface area contributed by atoms with Crippen molar-refractivity contribution in [3.63, 3.8) is 0 Å². The van der Waals surface area contributed by atoms with Crippen molar-refractivity contribution in [3.05, 3.63) is 46.5 Å². The molecule has 0 aromatic heterocycles. The van der Waals surface area contributed by atoms with E-state index in [-0.39, 0.29) is 5.39 Å². The maximum Gasteiger partial charge on any atom is 0.418 e. The Morgan fingerprint density at radius 2 is 1.14 bits per heavy atom. The van der Waals surface area contributed by atoms with Gasteiger partial charge in [0.05, 0.1) is 22.3 Å². The third kappa shape index (κ3) is 2.33. The van der Waals surface area contributed by atoms with Crippen LogP contribution < -0.4 is 0 Å². The summed E-state index contributed by atoms with van der Waals surface area (Å²) >= 11 is 0. The van der Waals surface area contributed by atoms with Crippen LogP contribution in [0.5, 0.6) is 0 Å². The van der Waals surface area contributed by atoms with E-state index < -0.39 is 40.0 Å². The molecule has 0 saturated carbocycles. The molecule has 0 aliphatic heterocycles. The summed E-state index contributed by atoms with van der Waals surface area (Å²) in [5.41, 5.74) is -6.12. The molecule has 0 atom stereocenters. The molecule has 0 saturated heterocycles. The van der Waals surface area contributed by atoms with Crippen molar-refractivity contribution in [2.75, 3.05) is 0 Å². The van der Waals surface area contributed by atoms with Gasteiger partial charge in [0.25, 0.3) is 0 Å². The van der Waals surface area contributed by atoms with Crippen molar-refractivity contribution in [2.45, 2.75) is 12.4 Å². The van der Waals surface area contributed by atoms with E-state index in [4.69, 9.17) is 10.5 Å². The van der Waals surface area contributed by atoms with Crippen LogP contribution in [0.2, 0.25) is 0 Å². The minimum Gasteiger partial charge on any atom is -0.192 e. The standard InChI is InChI=1S/C14H4F6N2/c15-13(16,17)11-8-4-2-1-3-7(8)9(5-21)10(6-22)12(11)14(18,19)20/h1-4H. The highest BCUT2D eigenvalue weighted by atomic mass is 19.4. The Morgan fingerprint density at radius 1 is 0.682 bits per heavy atom. The molecule has 112 valence electrons. The molecule has 0 N–H and O–H groups in total. The summed E-state index contributed by atoms with van der Waals surface area (Å²) in [4.78, 5) is 0. The van der Waals surface area contributed by atoms with E-state index in [0.29, 0.717) is 0 Å². The molecular weight excluding hydrogens is 310 g/mol. The van der Waals surface area contributed by atoms with Crippen molar-refractivity contribution < 1.29 is 26.3 Å². The molecule has 0 spiro atoms. The second-order valence-electron chi connectivity index (χ2n) is 4.26. The van der Waals surface area contributed by atoms with Crippen LogP contribution in [0.15, 0.2) is 24.3 Å². The van der Waals surface area contributed by atoms with Gasteiger partial charge in [0, 0.05) is 5.39 Å². The quantitative estimate of drug-likeness (QED) is 0.666. The molecule has 2 rings (SSSR count). The first kappa shape index (κ1) is 15.6. The molecule has 0 radical (unpaired) electrons. The van der Waals surface area contributed by atoms with Gasteiger partial charge in [-0.25, -0.2) is 0 Å². The summed E-state index contributed by atoms with van der Waals surface area (Å²) in [6.07, 6.45) is -10.8. The van der Waals surface area contributed by atoms with Gasteiger partial charge in [-0.1, -0.05) is 24.3 Å². The van der Waals surface area contributed by atoms with Gasteiger partial charge in [0.15, 0.2) is 0 Å². The van der Waals surface area contributed by atoms with Crippen LogP contribution >= 0.6 is 0 Å². The minimum absolute atomic E-state index is 0.345. The number of halogens is 6. The lowest BCUT2D eigenvalue weighted by Crippen LogP contribution is -2.20. The number of benzene rings is 2. The Kier molecular flexibility index (Phi) is 3.50. The van der Waals surface area contributed by atoms with Crippen LogP contribution in [0.3, 0.4) is 0 Å². The molecule has 0 aliphatic carbocycles. The van der Waals surface area contributed by atoms with Gasteiger partial charge < -0.3 is 0 Å². The Morgan fingerprint density at radius 3 is 1.55 bits per heavy atom. The number of nitriles is 2. The van der Waals surface area contributed by atoms with E-state index in [1.165, 1.54) is 12.1 Å². The molecule has 22 heavy (non-hydrogen) atoms. The van der Waals surface area contributed by atoms with E-state index in [0.717, 1.165) is 24.3 Å². The normalized spacial score (nSPS) is 12.0. The van der Waals surface area contributed by atoms with Crippen molar-refractivity contribution >= 4 is 10.8 Å². The van der Waals surface area contributed by atoms with Crippen molar-refractivity contribution in [1.29, 1.82) is 10.5 Å². The fourth-order valence-electron chi connectivity index (χ4n) is 2.24. The smallest absolute Gasteiger partial charge is 0.192 e. The third-order valence-electron chi connectivity index (χ3n) is 3.01. The predicted molar refractivity (Wildman–Crippen MR) is 63.4 cm³/mol. The zero-order chi connectivity index (χ0) is 16.7. The van der Waals surface area contributed by atoms with Crippen LogP contribution in [0.4, 0.5) is 26.3 Å². The molecule has 2 nitrogen and oxygen atoms in total. The topological polar surface area (TPSA) is 47.6 Å². The van der Waals surface area contributed by atoms with Gasteiger partial charge in [-0.3, -0.25) is 0 Å². The summed E-state index contributed by atoms with van der Waals surface area (Å²) in [5, 5.41) is 16.7. The second kappa shape index (κ2) is 4.92. The zero-order valence-corrected chi connectivity index (χ0v) is 10.5. The molecule has 0 amide bonds. The van der Waals surface area contributed by atoms with E-state index in [2.05, 4.69) is 0 Å². The summed E-state index contributed by atoms with van der Waals surface area (Å²) < 4.78 is 78.8. The average Bonchev–Trinajstić information content (AvgIpc) is 2.42. The largest absolute Gasteiger partial charge is 0.418 e. The lowest BCUT2D eigenvalue weighted by molar-refractivity contribution is -0.161. The molecular formula is C14H4F6N2. The van der Waals surface area contributed by atoms with Gasteiger partial charge in [-0.15, -0.1) is 0 Å². The van der Waals surface area contributed by atoms with Gasteiger partial charge >= 0.3 is 12.4 Å². The summed E-state index contributed by atoms with van der Waals surface area (Å²) in [7, 11) is 0. The molecule has 0 fully saturated rings. The monoisotopic (exact) mass is 314 g/mol. The molecule has 2 aromatic rings. The number of hydrogen-bond donors (Lipinski definition) is 0. The van der Waals surface area contributed by atoms with E-state index in [9.17, 15) is 26.3 Å². The van der Waals surface area contributed by atoms with Crippen LogP contribution in [0.25, 0.3) is 10.8 Å². The average molecular weight is 314 g/mol. The van der Waals surface area contributed by atoms with E-state index in [1.807, 2.05) is 0 Å². The lowest BCUT2D eigenvalue weighted by Gasteiger charge is -2.20. The number of nitrogens with zero attached hydrogens (tertiary/aromatic N) is 2. The van der Waals surface area contributed by atoms with Gasteiger partial charge in [0.2, 0.25) is 0 Å². The fraction of sp³-hybridized carbons (Fsp3) is 0.143. The zero-order valence-electron chi connectivity index (χ0n) is 10.5. The van der Waals surface area contributed by atoms with Gasteiger partial charge in [-0.2, -0.15) is 36.9 Å². The molecule has 0 heterocycles. The maximum atomic E-state index is 13.2. The first-order valence-electron chi connectivity index (χ1n) is 5.66. The summed E-state index contributed by atoms with van der Waals surface area (Å²) in [6.45, 7) is 0. The minimum atomic E-state index is -5.43. The maximum absolute atomic E-state index is 13.2. The van der Waals surface area contributed by atoms with Crippen molar-refractivity contribution in [1.82, 2.24) is 0 Å². The number of alkyl halides is 6. The van der Waals surface area contributed by atoms with Crippen molar-refractivity contribution in [2.24, 2.45) is 0 Å². The molecule has 0 aliphatic rings. The third-order valence-corrected chi connectivity index (χ3v) is 3.01. The van der Waals surface area contributed by atoms with Crippen LogP contribution in [0.1, 0.15) is 22.3 Å². The Labute approximate surface area is 119 Å². The highest BCUT2D eigenvalue weighted by Gasteiger charge is 2.47.